The molecule has 138 valence electrons. The van der Waals surface area contributed by atoms with E-state index in [-0.39, 0.29) is 16.8 Å². The summed E-state index contributed by atoms with van der Waals surface area (Å²) in [6.45, 7) is 2.03. The van der Waals surface area contributed by atoms with Crippen LogP contribution in [0.15, 0.2) is 28.1 Å². The zero-order valence-corrected chi connectivity index (χ0v) is 15.4. The summed E-state index contributed by atoms with van der Waals surface area (Å²) < 4.78 is 37.3. The lowest BCUT2D eigenvalue weighted by Gasteiger charge is -2.17. The molecule has 0 amide bonds. The predicted molar refractivity (Wildman–Crippen MR) is 90.6 cm³/mol. The SMILES string of the molecule is COCCn1c(CN(C)Cc2ccno2)cnc1S(=O)(=O)CC1CC1. The molecule has 0 N–H and O–H groups in total. The Bertz CT molecular complexity index is 781. The molecule has 0 aromatic carbocycles. The van der Waals surface area contributed by atoms with Crippen LogP contribution in [-0.4, -0.2) is 54.5 Å². The quantitative estimate of drug-likeness (QED) is 0.625. The molecule has 25 heavy (non-hydrogen) atoms. The molecule has 8 nitrogen and oxygen atoms in total. The lowest BCUT2D eigenvalue weighted by atomic mass is 10.3. The van der Waals surface area contributed by atoms with E-state index in [1.807, 2.05) is 18.0 Å². The maximum Gasteiger partial charge on any atom is 0.227 e. The second-order valence-corrected chi connectivity index (χ2v) is 8.48. The minimum Gasteiger partial charge on any atom is -0.383 e. The fourth-order valence-electron chi connectivity index (χ4n) is 2.78. The van der Waals surface area contributed by atoms with E-state index >= 15 is 0 Å². The molecule has 2 heterocycles. The van der Waals surface area contributed by atoms with Crippen LogP contribution in [0.1, 0.15) is 24.3 Å². The number of hydrogen-bond donors (Lipinski definition) is 0. The Labute approximate surface area is 147 Å². The summed E-state index contributed by atoms with van der Waals surface area (Å²) in [5, 5.41) is 3.85. The van der Waals surface area contributed by atoms with Gasteiger partial charge in [0.05, 0.1) is 37.0 Å². The third-order valence-electron chi connectivity index (χ3n) is 4.20. The largest absolute Gasteiger partial charge is 0.383 e. The number of ether oxygens (including phenoxy) is 1. The van der Waals surface area contributed by atoms with Crippen LogP contribution in [0.25, 0.3) is 0 Å². The average Bonchev–Trinajstić information content (AvgIpc) is 3.05. The molecular formula is C16H24N4O4S. The molecule has 3 rings (SSSR count). The van der Waals surface area contributed by atoms with E-state index in [1.54, 1.807) is 24.1 Å². The summed E-state index contributed by atoms with van der Waals surface area (Å²) in [5.41, 5.74) is 0.841. The number of hydrogen-bond acceptors (Lipinski definition) is 7. The topological polar surface area (TPSA) is 90.5 Å². The van der Waals surface area contributed by atoms with Gasteiger partial charge in [0.25, 0.3) is 0 Å². The minimum absolute atomic E-state index is 0.152. The van der Waals surface area contributed by atoms with Gasteiger partial charge in [0, 0.05) is 26.3 Å². The molecule has 2 aromatic heterocycles. The molecule has 0 aliphatic heterocycles. The van der Waals surface area contributed by atoms with Gasteiger partial charge in [-0.05, 0) is 25.8 Å². The highest BCUT2D eigenvalue weighted by Gasteiger charge is 2.32. The Balaban J connectivity index is 1.78. The van der Waals surface area contributed by atoms with Crippen molar-refractivity contribution < 1.29 is 17.7 Å². The van der Waals surface area contributed by atoms with Crippen molar-refractivity contribution in [1.29, 1.82) is 0 Å². The van der Waals surface area contributed by atoms with Crippen LogP contribution in [0.3, 0.4) is 0 Å². The van der Waals surface area contributed by atoms with E-state index in [9.17, 15) is 8.42 Å². The first-order chi connectivity index (χ1) is 12.0. The highest BCUT2D eigenvalue weighted by atomic mass is 32.2. The van der Waals surface area contributed by atoms with Crippen LogP contribution in [0, 0.1) is 5.92 Å². The van der Waals surface area contributed by atoms with Gasteiger partial charge in [0.15, 0.2) is 5.76 Å². The van der Waals surface area contributed by atoms with Gasteiger partial charge < -0.3 is 13.8 Å². The molecule has 0 radical (unpaired) electrons. The molecule has 1 aliphatic carbocycles. The first-order valence-corrected chi connectivity index (χ1v) is 9.99. The van der Waals surface area contributed by atoms with Crippen LogP contribution >= 0.6 is 0 Å². The highest BCUT2D eigenvalue weighted by molar-refractivity contribution is 7.91. The normalized spacial score (nSPS) is 15.2. The number of sulfone groups is 1. The van der Waals surface area contributed by atoms with E-state index in [0.29, 0.717) is 26.2 Å². The van der Waals surface area contributed by atoms with Gasteiger partial charge in [0.2, 0.25) is 15.0 Å². The molecule has 0 spiro atoms. The van der Waals surface area contributed by atoms with Crippen molar-refractivity contribution in [1.82, 2.24) is 19.6 Å². The molecule has 9 heteroatoms. The smallest absolute Gasteiger partial charge is 0.227 e. The van der Waals surface area contributed by atoms with Crippen molar-refractivity contribution in [3.05, 3.63) is 29.9 Å². The number of rotatable bonds is 10. The molecule has 1 aliphatic rings. The Morgan fingerprint density at radius 1 is 1.40 bits per heavy atom. The van der Waals surface area contributed by atoms with Crippen LogP contribution in [-0.2, 0) is 34.2 Å². The lowest BCUT2D eigenvalue weighted by molar-refractivity contribution is 0.181. The number of methoxy groups -OCH3 is 1. The Morgan fingerprint density at radius 2 is 2.20 bits per heavy atom. The minimum atomic E-state index is -3.37. The van der Waals surface area contributed by atoms with Crippen LogP contribution < -0.4 is 0 Å². The second kappa shape index (κ2) is 7.67. The fraction of sp³-hybridized carbons (Fsp3) is 0.625. The first kappa shape index (κ1) is 18.1. The second-order valence-electron chi connectivity index (χ2n) is 6.55. The van der Waals surface area contributed by atoms with E-state index < -0.39 is 9.84 Å². The van der Waals surface area contributed by atoms with Gasteiger partial charge in [0.1, 0.15) is 0 Å². The van der Waals surface area contributed by atoms with Crippen molar-refractivity contribution in [2.24, 2.45) is 5.92 Å². The van der Waals surface area contributed by atoms with Crippen LogP contribution in [0.4, 0.5) is 0 Å². The van der Waals surface area contributed by atoms with Crippen LogP contribution in [0.5, 0.6) is 0 Å². The van der Waals surface area contributed by atoms with E-state index in [2.05, 4.69) is 10.1 Å². The molecule has 2 aromatic rings. The molecular weight excluding hydrogens is 344 g/mol. The summed E-state index contributed by atoms with van der Waals surface area (Å²) in [6, 6.07) is 1.81. The summed E-state index contributed by atoms with van der Waals surface area (Å²) in [7, 11) is 0.167. The van der Waals surface area contributed by atoms with Crippen molar-refractivity contribution in [3.63, 3.8) is 0 Å². The van der Waals surface area contributed by atoms with Crippen molar-refractivity contribution in [2.75, 3.05) is 26.5 Å². The average molecular weight is 368 g/mol. The monoisotopic (exact) mass is 368 g/mol. The molecule has 0 unspecified atom stereocenters. The zero-order chi connectivity index (χ0) is 17.9. The first-order valence-electron chi connectivity index (χ1n) is 8.34. The molecule has 1 saturated carbocycles. The Hall–Kier alpha value is -1.71. The van der Waals surface area contributed by atoms with Gasteiger partial charge in [-0.15, -0.1) is 0 Å². The Morgan fingerprint density at radius 3 is 2.84 bits per heavy atom. The number of aromatic nitrogens is 3. The third kappa shape index (κ3) is 4.68. The van der Waals surface area contributed by atoms with Crippen molar-refractivity contribution >= 4 is 9.84 Å². The van der Waals surface area contributed by atoms with Gasteiger partial charge in [-0.3, -0.25) is 4.90 Å². The molecule has 1 fully saturated rings. The van der Waals surface area contributed by atoms with Gasteiger partial charge in [-0.2, -0.15) is 0 Å². The van der Waals surface area contributed by atoms with Crippen molar-refractivity contribution in [3.8, 4) is 0 Å². The number of imidazole rings is 1. The van der Waals surface area contributed by atoms with Crippen molar-refractivity contribution in [2.45, 2.75) is 37.6 Å². The molecule has 0 bridgehead atoms. The predicted octanol–water partition coefficient (Wildman–Crippen LogP) is 1.33. The van der Waals surface area contributed by atoms with Gasteiger partial charge >= 0.3 is 0 Å². The highest BCUT2D eigenvalue weighted by Crippen LogP contribution is 2.32. The zero-order valence-electron chi connectivity index (χ0n) is 14.6. The van der Waals surface area contributed by atoms with Crippen LogP contribution in [0.2, 0.25) is 0 Å². The summed E-state index contributed by atoms with van der Waals surface area (Å²) in [5.74, 6) is 1.23. The lowest BCUT2D eigenvalue weighted by Crippen LogP contribution is -2.22. The van der Waals surface area contributed by atoms with E-state index in [0.717, 1.165) is 24.3 Å². The molecule has 0 saturated heterocycles. The maximum absolute atomic E-state index is 12.7. The number of nitrogens with zero attached hydrogens (tertiary/aromatic N) is 4. The maximum atomic E-state index is 12.7. The standard InChI is InChI=1S/C16H24N4O4S/c1-19(11-15-5-6-18-24-15)10-14-9-17-16(20(14)7-8-23-2)25(21,22)12-13-3-4-13/h5-6,9,13H,3-4,7-8,10-12H2,1-2H3. The van der Waals surface area contributed by atoms with Gasteiger partial charge in [-0.1, -0.05) is 5.16 Å². The van der Waals surface area contributed by atoms with Gasteiger partial charge in [-0.25, -0.2) is 13.4 Å². The Kier molecular flexibility index (Phi) is 5.55. The fourth-order valence-corrected chi connectivity index (χ4v) is 4.64. The van der Waals surface area contributed by atoms with E-state index in [1.165, 1.54) is 0 Å². The molecule has 0 atom stereocenters. The summed E-state index contributed by atoms with van der Waals surface area (Å²) >= 11 is 0. The third-order valence-corrected chi connectivity index (χ3v) is 5.99. The summed E-state index contributed by atoms with van der Waals surface area (Å²) in [4.78, 5) is 6.25. The van der Waals surface area contributed by atoms with E-state index in [4.69, 9.17) is 9.26 Å². The summed E-state index contributed by atoms with van der Waals surface area (Å²) in [6.07, 6.45) is 5.23.